The van der Waals surface area contributed by atoms with Crippen LogP contribution in [0.1, 0.15) is 17.7 Å². The number of aryl methyl sites for hydroxylation is 1. The number of rotatable bonds is 5. The van der Waals surface area contributed by atoms with Crippen LogP contribution in [0.4, 0.5) is 8.78 Å². The first-order chi connectivity index (χ1) is 14.3. The first-order valence-electron chi connectivity index (χ1n) is 9.08. The monoisotopic (exact) mass is 444 g/mol. The zero-order chi connectivity index (χ0) is 21.5. The minimum Gasteiger partial charge on any atom is -0.232 e. The normalized spacial score (nSPS) is 11.9. The molecule has 2 aromatic carbocycles. The first kappa shape index (κ1) is 20.4. The molecule has 0 fully saturated rings. The Morgan fingerprint density at radius 2 is 1.70 bits per heavy atom. The predicted molar refractivity (Wildman–Crippen MR) is 115 cm³/mol. The van der Waals surface area contributed by atoms with E-state index in [1.54, 1.807) is 24.3 Å². The third-order valence-corrected chi connectivity index (χ3v) is 6.85. The molecule has 30 heavy (non-hydrogen) atoms. The molecule has 0 aliphatic heterocycles. The van der Waals surface area contributed by atoms with Crippen molar-refractivity contribution >= 4 is 21.2 Å². The van der Waals surface area contributed by atoms with E-state index in [9.17, 15) is 17.2 Å². The van der Waals surface area contributed by atoms with Gasteiger partial charge < -0.3 is 0 Å². The third-order valence-electron chi connectivity index (χ3n) is 4.65. The molecule has 0 amide bonds. The second-order valence-electron chi connectivity index (χ2n) is 6.94. The number of sulfone groups is 1. The summed E-state index contributed by atoms with van der Waals surface area (Å²) < 4.78 is 53.2. The van der Waals surface area contributed by atoms with Crippen LogP contribution < -0.4 is 0 Å². The number of thiophene rings is 1. The Morgan fingerprint density at radius 3 is 2.23 bits per heavy atom. The molecule has 0 saturated carbocycles. The highest BCUT2D eigenvalue weighted by Crippen LogP contribution is 2.42. The maximum Gasteiger partial charge on any atom is 0.282 e. The highest BCUT2D eigenvalue weighted by molar-refractivity contribution is 7.90. The van der Waals surface area contributed by atoms with E-state index in [0.29, 0.717) is 27.4 Å². The Hall–Kier alpha value is -2.84. The standard InChI is InChI=1S/C22H18F2N2O2S2/c1-14-12-18(29-13-14)19-20(22(23)24)25-26(16-6-4-3-5-7-16)21(19)15-8-10-17(11-9-15)30(2,27)28/h3-13,22H,1-2H3. The van der Waals surface area contributed by atoms with Crippen molar-refractivity contribution in [1.29, 1.82) is 0 Å². The molecule has 0 saturated heterocycles. The van der Waals surface area contributed by atoms with Crippen molar-refractivity contribution in [3.8, 4) is 27.4 Å². The predicted octanol–water partition coefficient (Wildman–Crippen LogP) is 5.92. The van der Waals surface area contributed by atoms with Gasteiger partial charge in [-0.3, -0.25) is 0 Å². The van der Waals surface area contributed by atoms with Crippen LogP contribution in [0.3, 0.4) is 0 Å². The molecule has 0 atom stereocenters. The molecule has 4 aromatic rings. The highest BCUT2D eigenvalue weighted by atomic mass is 32.2. The van der Waals surface area contributed by atoms with Crippen molar-refractivity contribution < 1.29 is 17.2 Å². The molecular weight excluding hydrogens is 426 g/mol. The molecule has 4 nitrogen and oxygen atoms in total. The van der Waals surface area contributed by atoms with E-state index < -0.39 is 16.3 Å². The van der Waals surface area contributed by atoms with E-state index in [-0.39, 0.29) is 10.6 Å². The number of alkyl halides is 2. The molecule has 0 aliphatic carbocycles. The van der Waals surface area contributed by atoms with Crippen LogP contribution in [0.2, 0.25) is 0 Å². The van der Waals surface area contributed by atoms with Crippen molar-refractivity contribution in [3.05, 3.63) is 77.3 Å². The van der Waals surface area contributed by atoms with Gasteiger partial charge in [-0.25, -0.2) is 21.9 Å². The zero-order valence-electron chi connectivity index (χ0n) is 16.2. The lowest BCUT2D eigenvalue weighted by Gasteiger charge is -2.10. The fourth-order valence-electron chi connectivity index (χ4n) is 3.28. The topological polar surface area (TPSA) is 52.0 Å². The molecule has 0 N–H and O–H groups in total. The van der Waals surface area contributed by atoms with E-state index >= 15 is 0 Å². The van der Waals surface area contributed by atoms with Crippen LogP contribution >= 0.6 is 11.3 Å². The molecule has 0 aliphatic rings. The maximum atomic E-state index is 14.0. The van der Waals surface area contributed by atoms with E-state index in [2.05, 4.69) is 5.10 Å². The molecule has 4 rings (SSSR count). The summed E-state index contributed by atoms with van der Waals surface area (Å²) in [5.74, 6) is 0. The zero-order valence-corrected chi connectivity index (χ0v) is 17.8. The van der Waals surface area contributed by atoms with Gasteiger partial charge in [0.15, 0.2) is 9.84 Å². The number of hydrogen-bond donors (Lipinski definition) is 0. The Morgan fingerprint density at radius 1 is 1.03 bits per heavy atom. The number of aromatic nitrogens is 2. The maximum absolute atomic E-state index is 14.0. The first-order valence-corrected chi connectivity index (χ1v) is 11.9. The number of nitrogens with zero attached hydrogens (tertiary/aromatic N) is 2. The van der Waals surface area contributed by atoms with E-state index in [0.717, 1.165) is 11.8 Å². The summed E-state index contributed by atoms with van der Waals surface area (Å²) in [6.07, 6.45) is -1.63. The SMILES string of the molecule is Cc1csc(-c2c(C(F)F)nn(-c3ccccc3)c2-c2ccc(S(C)(=O)=O)cc2)c1. The molecule has 2 heterocycles. The van der Waals surface area contributed by atoms with Crippen molar-refractivity contribution in [3.63, 3.8) is 0 Å². The molecule has 154 valence electrons. The van der Waals surface area contributed by atoms with Gasteiger partial charge in [-0.05, 0) is 48.2 Å². The Bertz CT molecular complexity index is 1290. The summed E-state index contributed by atoms with van der Waals surface area (Å²) in [5.41, 5.74) is 2.77. The number of benzene rings is 2. The number of para-hydroxylation sites is 1. The molecular formula is C22H18F2N2O2S2. The van der Waals surface area contributed by atoms with E-state index in [1.165, 1.54) is 28.2 Å². The Labute approximate surface area is 177 Å². The van der Waals surface area contributed by atoms with Gasteiger partial charge in [0, 0.05) is 22.3 Å². The Balaban J connectivity index is 2.03. The minimum atomic E-state index is -3.37. The van der Waals surface area contributed by atoms with Crippen LogP contribution in [0, 0.1) is 6.92 Å². The van der Waals surface area contributed by atoms with E-state index in [1.807, 2.05) is 36.6 Å². The van der Waals surface area contributed by atoms with Gasteiger partial charge in [-0.1, -0.05) is 30.3 Å². The van der Waals surface area contributed by atoms with Crippen LogP contribution in [0.5, 0.6) is 0 Å². The fraction of sp³-hybridized carbons (Fsp3) is 0.136. The van der Waals surface area contributed by atoms with Crippen molar-refractivity contribution in [1.82, 2.24) is 9.78 Å². The second-order valence-corrected chi connectivity index (χ2v) is 9.87. The molecule has 0 radical (unpaired) electrons. The number of halogens is 2. The summed E-state index contributed by atoms with van der Waals surface area (Å²) in [4.78, 5) is 0.854. The second kappa shape index (κ2) is 7.77. The van der Waals surface area contributed by atoms with Gasteiger partial charge >= 0.3 is 0 Å². The number of hydrogen-bond acceptors (Lipinski definition) is 4. The fourth-order valence-corrected chi connectivity index (χ4v) is 4.86. The lowest BCUT2D eigenvalue weighted by molar-refractivity contribution is 0.146. The molecule has 0 unspecified atom stereocenters. The van der Waals surface area contributed by atoms with Gasteiger partial charge in [0.25, 0.3) is 6.43 Å². The molecule has 2 aromatic heterocycles. The summed E-state index contributed by atoms with van der Waals surface area (Å²) >= 11 is 1.38. The quantitative estimate of drug-likeness (QED) is 0.384. The summed E-state index contributed by atoms with van der Waals surface area (Å²) in [6, 6.07) is 17.1. The lowest BCUT2D eigenvalue weighted by Crippen LogP contribution is -2.00. The van der Waals surface area contributed by atoms with Gasteiger partial charge in [0.1, 0.15) is 5.69 Å². The molecule has 0 spiro atoms. The third kappa shape index (κ3) is 3.80. The van der Waals surface area contributed by atoms with Crippen molar-refractivity contribution in [2.24, 2.45) is 0 Å². The average Bonchev–Trinajstić information content (AvgIpc) is 3.32. The van der Waals surface area contributed by atoms with Gasteiger partial charge in [0.2, 0.25) is 0 Å². The average molecular weight is 445 g/mol. The molecule has 0 bridgehead atoms. The van der Waals surface area contributed by atoms with Gasteiger partial charge in [-0.2, -0.15) is 5.10 Å². The molecule has 8 heteroatoms. The highest BCUT2D eigenvalue weighted by Gasteiger charge is 2.27. The summed E-state index contributed by atoms with van der Waals surface area (Å²) in [5, 5.41) is 6.17. The summed E-state index contributed by atoms with van der Waals surface area (Å²) in [6.45, 7) is 1.91. The smallest absolute Gasteiger partial charge is 0.232 e. The van der Waals surface area contributed by atoms with E-state index in [4.69, 9.17) is 0 Å². The van der Waals surface area contributed by atoms with Crippen LogP contribution in [-0.4, -0.2) is 24.5 Å². The van der Waals surface area contributed by atoms with Crippen molar-refractivity contribution in [2.75, 3.05) is 6.26 Å². The van der Waals surface area contributed by atoms with Gasteiger partial charge in [-0.15, -0.1) is 11.3 Å². The Kier molecular flexibility index (Phi) is 5.29. The van der Waals surface area contributed by atoms with Crippen LogP contribution in [0.25, 0.3) is 27.4 Å². The lowest BCUT2D eigenvalue weighted by atomic mass is 10.0. The van der Waals surface area contributed by atoms with Crippen LogP contribution in [0.15, 0.2) is 70.9 Å². The minimum absolute atomic E-state index is 0.166. The largest absolute Gasteiger partial charge is 0.282 e. The van der Waals surface area contributed by atoms with Crippen LogP contribution in [-0.2, 0) is 9.84 Å². The van der Waals surface area contributed by atoms with Crippen molar-refractivity contribution in [2.45, 2.75) is 18.2 Å². The van der Waals surface area contributed by atoms with Gasteiger partial charge in [0.05, 0.1) is 16.3 Å². The summed E-state index contributed by atoms with van der Waals surface area (Å²) in [7, 11) is -3.37.